The Bertz CT molecular complexity index is 1890. The number of hydrogen-bond donors (Lipinski definition) is 2. The van der Waals surface area contributed by atoms with Crippen LogP contribution >= 0.6 is 0 Å². The van der Waals surface area contributed by atoms with Gasteiger partial charge in [-0.3, -0.25) is 24.6 Å². The number of nitrogens with zero attached hydrogens (tertiary/aromatic N) is 8. The number of carbonyl (C=O) groups is 3. The molecule has 1 saturated carbocycles. The molecule has 3 amide bonds. The Morgan fingerprint density at radius 2 is 1.59 bits per heavy atom. The molecule has 1 unspecified atom stereocenters. The van der Waals surface area contributed by atoms with Crippen LogP contribution in [0.3, 0.4) is 0 Å². The monoisotopic (exact) mass is 734 g/mol. The maximum Gasteiger partial charge on any atom is 0.270 e. The van der Waals surface area contributed by atoms with Gasteiger partial charge in [0.1, 0.15) is 17.2 Å². The van der Waals surface area contributed by atoms with Crippen LogP contribution in [0.25, 0.3) is 11.0 Å². The lowest BCUT2D eigenvalue weighted by Gasteiger charge is -2.40. The summed E-state index contributed by atoms with van der Waals surface area (Å²) in [5.41, 5.74) is 5.07. The number of imide groups is 1. The molecule has 2 aliphatic heterocycles. The number of carbonyl (C=O) groups excluding carboxylic acids is 3. The molecule has 3 aromatic heterocycles. The molecule has 1 aliphatic carbocycles. The number of piperazine rings is 1. The second kappa shape index (κ2) is 17.0. The number of amides is 3. The van der Waals surface area contributed by atoms with Crippen LogP contribution in [-0.2, 0) is 9.59 Å². The topological polar surface area (TPSA) is 132 Å². The third-order valence-electron chi connectivity index (χ3n) is 11.6. The number of piperidine rings is 1. The van der Waals surface area contributed by atoms with E-state index in [9.17, 15) is 14.4 Å². The minimum atomic E-state index is -0.226. The Balaban J connectivity index is 0.870. The van der Waals surface area contributed by atoms with Crippen LogP contribution in [-0.4, -0.2) is 107 Å². The first-order valence-electron chi connectivity index (χ1n) is 19.6. The fourth-order valence-corrected chi connectivity index (χ4v) is 8.35. The summed E-state index contributed by atoms with van der Waals surface area (Å²) in [6.07, 6.45) is 12.0. The van der Waals surface area contributed by atoms with E-state index in [1.165, 1.54) is 24.1 Å². The van der Waals surface area contributed by atoms with E-state index in [0.717, 1.165) is 88.2 Å². The van der Waals surface area contributed by atoms with Crippen molar-refractivity contribution in [3.8, 4) is 0 Å². The van der Waals surface area contributed by atoms with Gasteiger partial charge in [0, 0.05) is 89.6 Å². The zero-order valence-corrected chi connectivity index (χ0v) is 31.9. The third-order valence-corrected chi connectivity index (χ3v) is 11.6. The normalized spacial score (nSPS) is 17.8. The molecule has 3 fully saturated rings. The van der Waals surface area contributed by atoms with Gasteiger partial charge in [0.15, 0.2) is 0 Å². The summed E-state index contributed by atoms with van der Waals surface area (Å²) in [6, 6.07) is 15.1. The lowest BCUT2D eigenvalue weighted by atomic mass is 9.95. The van der Waals surface area contributed by atoms with E-state index >= 15 is 0 Å². The summed E-state index contributed by atoms with van der Waals surface area (Å²) >= 11 is 0. The first kappa shape index (κ1) is 37.3. The minimum absolute atomic E-state index is 0.0146. The maximum absolute atomic E-state index is 13.1. The van der Waals surface area contributed by atoms with E-state index in [2.05, 4.69) is 72.1 Å². The van der Waals surface area contributed by atoms with Crippen molar-refractivity contribution in [3.05, 3.63) is 66.1 Å². The van der Waals surface area contributed by atoms with Crippen molar-refractivity contribution in [2.75, 3.05) is 75.0 Å². The van der Waals surface area contributed by atoms with Crippen molar-refractivity contribution in [2.45, 2.75) is 70.3 Å². The van der Waals surface area contributed by atoms with Crippen LogP contribution in [0.15, 0.2) is 54.9 Å². The average molecular weight is 735 g/mol. The molecule has 0 radical (unpaired) electrons. The van der Waals surface area contributed by atoms with Gasteiger partial charge in [0.25, 0.3) is 5.91 Å². The number of fused-ring (bicyclic) bond motifs is 1. The molecular weight excluding hydrogens is 681 g/mol. The SMILES string of the molecule is CC(CCC(=O)NC=O)c1ccc(N2CCN(CC3CCN(c4ccc(Nc5ncc6cc(C(=O)N(C)C)n(C7CCCC7)c6n5)nc4)CC3)CC2)cc1. The fourth-order valence-electron chi connectivity index (χ4n) is 8.35. The van der Waals surface area contributed by atoms with E-state index in [1.54, 1.807) is 25.2 Å². The molecule has 1 atom stereocenters. The van der Waals surface area contributed by atoms with Gasteiger partial charge in [-0.1, -0.05) is 31.9 Å². The summed E-state index contributed by atoms with van der Waals surface area (Å²) in [4.78, 5) is 58.5. The first-order valence-corrected chi connectivity index (χ1v) is 19.6. The van der Waals surface area contributed by atoms with Crippen LogP contribution in [0.4, 0.5) is 23.1 Å². The van der Waals surface area contributed by atoms with Gasteiger partial charge >= 0.3 is 0 Å². The minimum Gasteiger partial charge on any atom is -0.370 e. The highest BCUT2D eigenvalue weighted by molar-refractivity contribution is 5.98. The molecule has 3 aliphatic rings. The van der Waals surface area contributed by atoms with Gasteiger partial charge in [0.05, 0.1) is 11.9 Å². The van der Waals surface area contributed by atoms with Crippen molar-refractivity contribution < 1.29 is 14.4 Å². The summed E-state index contributed by atoms with van der Waals surface area (Å²) in [5.74, 6) is 1.88. The largest absolute Gasteiger partial charge is 0.370 e. The highest BCUT2D eigenvalue weighted by Gasteiger charge is 2.27. The average Bonchev–Trinajstić information content (AvgIpc) is 3.86. The molecule has 2 saturated heterocycles. The van der Waals surface area contributed by atoms with Gasteiger partial charge < -0.3 is 24.6 Å². The van der Waals surface area contributed by atoms with Gasteiger partial charge in [-0.15, -0.1) is 0 Å². The first-order chi connectivity index (χ1) is 26.2. The molecule has 0 spiro atoms. The second-order valence-electron chi connectivity index (χ2n) is 15.5. The Kier molecular flexibility index (Phi) is 11.7. The van der Waals surface area contributed by atoms with E-state index in [1.807, 2.05) is 18.3 Å². The van der Waals surface area contributed by atoms with E-state index < -0.39 is 0 Å². The number of nitrogens with one attached hydrogen (secondary N) is 2. The molecule has 5 heterocycles. The standard InChI is InChI=1S/C41H54N10O3/c1-29(8-15-38(53)44-28-52)31-9-11-33(12-10-31)50-22-20-48(21-23-50)27-30-16-18-49(19-17-30)35-13-14-37(42-26-35)45-41-43-25-32-24-36(40(54)47(2)3)51(39(32)46-41)34-6-4-5-7-34/h9-14,24-26,28-30,34H,4-8,15-23,27H2,1-3H3,(H,44,52,53)(H,42,43,45,46). The highest BCUT2D eigenvalue weighted by atomic mass is 16.2. The highest BCUT2D eigenvalue weighted by Crippen LogP contribution is 2.35. The molecule has 13 nitrogen and oxygen atoms in total. The molecule has 54 heavy (non-hydrogen) atoms. The predicted molar refractivity (Wildman–Crippen MR) is 212 cm³/mol. The van der Waals surface area contributed by atoms with Gasteiger partial charge in [-0.05, 0) is 79.8 Å². The lowest BCUT2D eigenvalue weighted by Crippen LogP contribution is -2.49. The maximum atomic E-state index is 13.1. The molecule has 1 aromatic carbocycles. The van der Waals surface area contributed by atoms with Crippen LogP contribution in [0.5, 0.6) is 0 Å². The number of aromatic nitrogens is 4. The Labute approximate surface area is 318 Å². The Hall–Kier alpha value is -5.04. The summed E-state index contributed by atoms with van der Waals surface area (Å²) in [5, 5.41) is 6.39. The van der Waals surface area contributed by atoms with E-state index in [-0.39, 0.29) is 23.8 Å². The summed E-state index contributed by atoms with van der Waals surface area (Å²) in [7, 11) is 3.58. The number of hydrogen-bond acceptors (Lipinski definition) is 10. The lowest BCUT2D eigenvalue weighted by molar-refractivity contribution is -0.125. The fraction of sp³-hybridized carbons (Fsp3) is 0.512. The molecular formula is C41H54N10O3. The number of rotatable bonds is 13. The molecule has 2 N–H and O–H groups in total. The van der Waals surface area contributed by atoms with E-state index in [4.69, 9.17) is 9.97 Å². The van der Waals surface area contributed by atoms with Crippen molar-refractivity contribution in [1.29, 1.82) is 0 Å². The van der Waals surface area contributed by atoms with Gasteiger partial charge in [-0.2, -0.15) is 4.98 Å². The summed E-state index contributed by atoms with van der Waals surface area (Å²) < 4.78 is 2.13. The van der Waals surface area contributed by atoms with Crippen LogP contribution in [0.1, 0.15) is 86.3 Å². The van der Waals surface area contributed by atoms with Crippen LogP contribution < -0.4 is 20.4 Å². The number of anilines is 4. The van der Waals surface area contributed by atoms with Crippen molar-refractivity contribution >= 4 is 52.4 Å². The molecule has 7 rings (SSSR count). The zero-order chi connectivity index (χ0) is 37.6. The second-order valence-corrected chi connectivity index (χ2v) is 15.5. The van der Waals surface area contributed by atoms with E-state index in [0.29, 0.717) is 42.6 Å². The number of pyridine rings is 1. The Morgan fingerprint density at radius 3 is 2.26 bits per heavy atom. The smallest absolute Gasteiger partial charge is 0.270 e. The predicted octanol–water partition coefficient (Wildman–Crippen LogP) is 5.58. The van der Waals surface area contributed by atoms with Crippen LogP contribution in [0, 0.1) is 5.92 Å². The van der Waals surface area contributed by atoms with Crippen LogP contribution in [0.2, 0.25) is 0 Å². The summed E-state index contributed by atoms with van der Waals surface area (Å²) in [6.45, 7) is 9.51. The third kappa shape index (κ3) is 8.67. The quantitative estimate of drug-likeness (QED) is 0.168. The van der Waals surface area contributed by atoms with Gasteiger partial charge in [0.2, 0.25) is 18.3 Å². The van der Waals surface area contributed by atoms with Crippen molar-refractivity contribution in [3.63, 3.8) is 0 Å². The zero-order valence-electron chi connectivity index (χ0n) is 31.9. The molecule has 286 valence electrons. The molecule has 13 heteroatoms. The van der Waals surface area contributed by atoms with Gasteiger partial charge in [-0.25, -0.2) is 9.97 Å². The molecule has 0 bridgehead atoms. The number of benzene rings is 1. The van der Waals surface area contributed by atoms with Crippen molar-refractivity contribution in [1.82, 2.24) is 34.6 Å². The molecule has 4 aromatic rings. The Morgan fingerprint density at radius 1 is 0.889 bits per heavy atom. The van der Waals surface area contributed by atoms with Crippen molar-refractivity contribution in [2.24, 2.45) is 5.92 Å².